The van der Waals surface area contributed by atoms with Gasteiger partial charge < -0.3 is 14.2 Å². The minimum atomic E-state index is -0.196. The second-order valence-electron chi connectivity index (χ2n) is 5.07. The molecule has 1 heterocycles. The third-order valence-corrected chi connectivity index (χ3v) is 3.64. The monoisotopic (exact) mass is 248 g/mol. The summed E-state index contributed by atoms with van der Waals surface area (Å²) >= 11 is 0. The van der Waals surface area contributed by atoms with Gasteiger partial charge in [-0.1, -0.05) is 12.5 Å². The van der Waals surface area contributed by atoms with Crippen LogP contribution in [0.2, 0.25) is 0 Å². The van der Waals surface area contributed by atoms with Crippen LogP contribution in [0.25, 0.3) is 0 Å². The molecule has 1 aliphatic carbocycles. The normalized spacial score (nSPS) is 26.9. The zero-order valence-electron chi connectivity index (χ0n) is 10.9. The third-order valence-electron chi connectivity index (χ3n) is 3.64. The summed E-state index contributed by atoms with van der Waals surface area (Å²) in [6.45, 7) is 2.36. The first kappa shape index (κ1) is 12.0. The summed E-state index contributed by atoms with van der Waals surface area (Å²) in [6.07, 6.45) is 6.07. The van der Waals surface area contributed by atoms with Gasteiger partial charge in [-0.3, -0.25) is 0 Å². The van der Waals surface area contributed by atoms with Crippen molar-refractivity contribution in [2.24, 2.45) is 0 Å². The SMILES string of the molecule is CC1OC(COc2ccc3c(c2)CCCCC3)O1. The quantitative estimate of drug-likeness (QED) is 0.769. The van der Waals surface area contributed by atoms with Crippen molar-refractivity contribution < 1.29 is 14.2 Å². The first-order valence-corrected chi connectivity index (χ1v) is 6.87. The summed E-state index contributed by atoms with van der Waals surface area (Å²) in [6, 6.07) is 6.45. The van der Waals surface area contributed by atoms with E-state index in [4.69, 9.17) is 14.2 Å². The van der Waals surface area contributed by atoms with Crippen LogP contribution in [0.5, 0.6) is 5.75 Å². The van der Waals surface area contributed by atoms with Crippen LogP contribution in [-0.4, -0.2) is 19.2 Å². The van der Waals surface area contributed by atoms with Crippen molar-refractivity contribution >= 4 is 0 Å². The van der Waals surface area contributed by atoms with Gasteiger partial charge >= 0.3 is 0 Å². The smallest absolute Gasteiger partial charge is 0.197 e. The Balaban J connectivity index is 1.60. The second kappa shape index (κ2) is 5.29. The van der Waals surface area contributed by atoms with Crippen molar-refractivity contribution in [3.63, 3.8) is 0 Å². The molecule has 0 saturated carbocycles. The lowest BCUT2D eigenvalue weighted by atomic mass is 10.0. The van der Waals surface area contributed by atoms with Gasteiger partial charge in [0.1, 0.15) is 12.4 Å². The van der Waals surface area contributed by atoms with E-state index in [0.717, 1.165) is 5.75 Å². The summed E-state index contributed by atoms with van der Waals surface area (Å²) in [7, 11) is 0. The van der Waals surface area contributed by atoms with E-state index in [2.05, 4.69) is 18.2 Å². The maximum Gasteiger partial charge on any atom is 0.197 e. The van der Waals surface area contributed by atoms with E-state index in [1.807, 2.05) is 6.92 Å². The van der Waals surface area contributed by atoms with Gasteiger partial charge in [0.2, 0.25) is 0 Å². The Morgan fingerprint density at radius 2 is 1.89 bits per heavy atom. The standard InChI is InChI=1S/C15H20O3/c1-11-17-15(18-11)10-16-14-8-7-12-5-3-2-4-6-13(12)9-14/h7-9,11,15H,2-6,10H2,1H3. The Morgan fingerprint density at radius 3 is 2.67 bits per heavy atom. The molecule has 3 nitrogen and oxygen atoms in total. The molecule has 1 saturated heterocycles. The average molecular weight is 248 g/mol. The number of rotatable bonds is 3. The molecular formula is C15H20O3. The molecule has 0 aromatic heterocycles. The maximum absolute atomic E-state index is 5.72. The van der Waals surface area contributed by atoms with Crippen molar-refractivity contribution in [3.8, 4) is 5.75 Å². The molecule has 1 aromatic carbocycles. The zero-order chi connectivity index (χ0) is 12.4. The number of benzene rings is 1. The summed E-state index contributed by atoms with van der Waals surface area (Å²) in [4.78, 5) is 0. The van der Waals surface area contributed by atoms with Crippen LogP contribution in [0.3, 0.4) is 0 Å². The van der Waals surface area contributed by atoms with Gasteiger partial charge in [-0.05, 0) is 55.9 Å². The third kappa shape index (κ3) is 2.68. The Morgan fingerprint density at radius 1 is 1.11 bits per heavy atom. The predicted molar refractivity (Wildman–Crippen MR) is 68.6 cm³/mol. The molecule has 18 heavy (non-hydrogen) atoms. The van der Waals surface area contributed by atoms with Crippen LogP contribution >= 0.6 is 0 Å². The molecule has 1 aliphatic heterocycles. The van der Waals surface area contributed by atoms with E-state index in [1.54, 1.807) is 0 Å². The minimum absolute atomic E-state index is 0.0781. The van der Waals surface area contributed by atoms with Crippen molar-refractivity contribution in [2.45, 2.75) is 51.6 Å². The lowest BCUT2D eigenvalue weighted by Crippen LogP contribution is -2.42. The maximum atomic E-state index is 5.72. The molecule has 3 heteroatoms. The first-order valence-electron chi connectivity index (χ1n) is 6.87. The Bertz CT molecular complexity index is 410. The molecule has 0 unspecified atom stereocenters. The van der Waals surface area contributed by atoms with Crippen LogP contribution in [-0.2, 0) is 22.3 Å². The van der Waals surface area contributed by atoms with E-state index in [-0.39, 0.29) is 12.6 Å². The van der Waals surface area contributed by atoms with Gasteiger partial charge in [0.05, 0.1) is 0 Å². The van der Waals surface area contributed by atoms with Crippen molar-refractivity contribution in [1.82, 2.24) is 0 Å². The molecule has 0 amide bonds. The van der Waals surface area contributed by atoms with Crippen LogP contribution in [0.15, 0.2) is 18.2 Å². The van der Waals surface area contributed by atoms with Crippen molar-refractivity contribution in [2.75, 3.05) is 6.61 Å². The van der Waals surface area contributed by atoms with Gasteiger partial charge in [0.25, 0.3) is 0 Å². The van der Waals surface area contributed by atoms with E-state index in [9.17, 15) is 0 Å². The summed E-state index contributed by atoms with van der Waals surface area (Å²) in [5.41, 5.74) is 2.94. The number of fused-ring (bicyclic) bond motifs is 1. The fraction of sp³-hybridized carbons (Fsp3) is 0.600. The van der Waals surface area contributed by atoms with E-state index < -0.39 is 0 Å². The van der Waals surface area contributed by atoms with Crippen LogP contribution < -0.4 is 4.74 Å². The molecule has 98 valence electrons. The number of hydrogen-bond acceptors (Lipinski definition) is 3. The lowest BCUT2D eigenvalue weighted by molar-refractivity contribution is -0.380. The highest BCUT2D eigenvalue weighted by Gasteiger charge is 2.27. The molecule has 0 spiro atoms. The van der Waals surface area contributed by atoms with Crippen LogP contribution in [0.4, 0.5) is 0 Å². The Kier molecular flexibility index (Phi) is 3.52. The molecule has 0 radical (unpaired) electrons. The van der Waals surface area contributed by atoms with Gasteiger partial charge in [-0.2, -0.15) is 0 Å². The highest BCUT2D eigenvalue weighted by molar-refractivity contribution is 5.36. The fourth-order valence-electron chi connectivity index (χ4n) is 2.66. The second-order valence-corrected chi connectivity index (χ2v) is 5.07. The van der Waals surface area contributed by atoms with E-state index in [1.165, 1.54) is 43.2 Å². The largest absolute Gasteiger partial charge is 0.488 e. The summed E-state index contributed by atoms with van der Waals surface area (Å²) in [5, 5.41) is 0. The topological polar surface area (TPSA) is 27.7 Å². The fourth-order valence-corrected chi connectivity index (χ4v) is 2.66. The average Bonchev–Trinajstić information content (AvgIpc) is 2.57. The lowest BCUT2D eigenvalue weighted by Gasteiger charge is -2.33. The van der Waals surface area contributed by atoms with Gasteiger partial charge in [0.15, 0.2) is 12.6 Å². The predicted octanol–water partition coefficient (Wildman–Crippen LogP) is 3.05. The molecule has 1 fully saturated rings. The molecule has 3 rings (SSSR count). The van der Waals surface area contributed by atoms with Crippen molar-refractivity contribution in [1.29, 1.82) is 0 Å². The number of hydrogen-bond donors (Lipinski definition) is 0. The molecular weight excluding hydrogens is 228 g/mol. The molecule has 2 aliphatic rings. The van der Waals surface area contributed by atoms with Crippen LogP contribution in [0.1, 0.15) is 37.3 Å². The van der Waals surface area contributed by atoms with Gasteiger partial charge in [0, 0.05) is 0 Å². The van der Waals surface area contributed by atoms with Gasteiger partial charge in [-0.15, -0.1) is 0 Å². The zero-order valence-corrected chi connectivity index (χ0v) is 10.9. The first-order chi connectivity index (χ1) is 8.81. The molecule has 0 atom stereocenters. The van der Waals surface area contributed by atoms with E-state index >= 15 is 0 Å². The highest BCUT2D eigenvalue weighted by atomic mass is 16.9. The number of aryl methyl sites for hydroxylation is 2. The molecule has 0 N–H and O–H groups in total. The van der Waals surface area contributed by atoms with Crippen molar-refractivity contribution in [3.05, 3.63) is 29.3 Å². The van der Waals surface area contributed by atoms with Gasteiger partial charge in [-0.25, -0.2) is 0 Å². The van der Waals surface area contributed by atoms with E-state index in [0.29, 0.717) is 6.61 Å². The minimum Gasteiger partial charge on any atom is -0.488 e. The highest BCUT2D eigenvalue weighted by Crippen LogP contribution is 2.25. The van der Waals surface area contributed by atoms with Crippen LogP contribution in [0, 0.1) is 0 Å². The number of ether oxygens (including phenoxy) is 3. The summed E-state index contributed by atoms with van der Waals surface area (Å²) in [5.74, 6) is 0.933. The summed E-state index contributed by atoms with van der Waals surface area (Å²) < 4.78 is 16.4. The molecule has 1 aromatic rings. The molecule has 0 bridgehead atoms. The Labute approximate surface area is 108 Å². The Hall–Kier alpha value is -1.06.